The highest BCUT2D eigenvalue weighted by atomic mass is 35.5. The maximum absolute atomic E-state index is 13.7. The van der Waals surface area contributed by atoms with E-state index in [1.807, 2.05) is 6.07 Å². The van der Waals surface area contributed by atoms with Crippen molar-refractivity contribution < 1.29 is 4.39 Å². The molecule has 2 rings (SSSR count). The van der Waals surface area contributed by atoms with Crippen molar-refractivity contribution in [3.05, 3.63) is 69.5 Å². The topological polar surface area (TPSA) is 23.8 Å². The second-order valence-corrected chi connectivity index (χ2v) is 4.60. The smallest absolute Gasteiger partial charge is 0.131 e. The van der Waals surface area contributed by atoms with Gasteiger partial charge in [0.15, 0.2) is 0 Å². The SMILES string of the molecule is N#CC(=Cc1c(Cl)cccc1Cl)c1ccccc1F. The van der Waals surface area contributed by atoms with Crippen LogP contribution >= 0.6 is 23.2 Å². The van der Waals surface area contributed by atoms with Crippen molar-refractivity contribution in [2.24, 2.45) is 0 Å². The van der Waals surface area contributed by atoms with E-state index in [0.717, 1.165) is 0 Å². The predicted molar refractivity (Wildman–Crippen MR) is 76.3 cm³/mol. The molecule has 19 heavy (non-hydrogen) atoms. The van der Waals surface area contributed by atoms with Gasteiger partial charge in [-0.1, -0.05) is 47.5 Å². The molecule has 0 bridgehead atoms. The molecule has 0 atom stereocenters. The summed E-state index contributed by atoms with van der Waals surface area (Å²) in [5.41, 5.74) is 0.903. The molecule has 0 radical (unpaired) electrons. The predicted octanol–water partition coefficient (Wildman–Crippen LogP) is 5.20. The Balaban J connectivity index is 2.58. The molecule has 0 aromatic heterocycles. The Morgan fingerprint density at radius 3 is 2.26 bits per heavy atom. The van der Waals surface area contributed by atoms with E-state index in [2.05, 4.69) is 0 Å². The number of halogens is 3. The minimum Gasteiger partial charge on any atom is -0.206 e. The first-order valence-electron chi connectivity index (χ1n) is 5.44. The molecule has 0 heterocycles. The highest BCUT2D eigenvalue weighted by Crippen LogP contribution is 2.29. The third-order valence-corrected chi connectivity index (χ3v) is 3.23. The van der Waals surface area contributed by atoms with Crippen molar-refractivity contribution in [2.75, 3.05) is 0 Å². The minimum absolute atomic E-state index is 0.174. The Hall–Kier alpha value is -1.82. The number of benzene rings is 2. The molecule has 0 amide bonds. The van der Waals surface area contributed by atoms with Crippen LogP contribution in [0, 0.1) is 17.1 Å². The van der Waals surface area contributed by atoms with Crippen molar-refractivity contribution >= 4 is 34.9 Å². The average Bonchev–Trinajstić information content (AvgIpc) is 2.40. The number of nitrogens with zero attached hydrogens (tertiary/aromatic N) is 1. The van der Waals surface area contributed by atoms with Gasteiger partial charge in [-0.15, -0.1) is 0 Å². The number of allylic oxidation sites excluding steroid dienone is 1. The summed E-state index contributed by atoms with van der Waals surface area (Å²) in [5, 5.41) is 10.0. The fraction of sp³-hybridized carbons (Fsp3) is 0. The first-order chi connectivity index (χ1) is 9.13. The summed E-state index contributed by atoms with van der Waals surface area (Å²) >= 11 is 12.1. The molecule has 0 fully saturated rings. The molecule has 2 aromatic carbocycles. The lowest BCUT2D eigenvalue weighted by Crippen LogP contribution is -1.88. The van der Waals surface area contributed by atoms with Crippen LogP contribution in [0.1, 0.15) is 11.1 Å². The van der Waals surface area contributed by atoms with E-state index in [9.17, 15) is 9.65 Å². The summed E-state index contributed by atoms with van der Waals surface area (Å²) in [5.74, 6) is -0.460. The molecule has 2 aromatic rings. The largest absolute Gasteiger partial charge is 0.206 e. The molecule has 0 N–H and O–H groups in total. The standard InChI is InChI=1S/C15H8Cl2FN/c16-13-5-3-6-14(17)12(13)8-10(9-19)11-4-1-2-7-15(11)18/h1-8H. The fourth-order valence-corrected chi connectivity index (χ4v) is 2.15. The van der Waals surface area contributed by atoms with Crippen LogP contribution in [0.4, 0.5) is 4.39 Å². The van der Waals surface area contributed by atoms with Crippen molar-refractivity contribution in [1.29, 1.82) is 5.26 Å². The number of nitriles is 1. The van der Waals surface area contributed by atoms with E-state index in [1.54, 1.807) is 30.3 Å². The zero-order valence-electron chi connectivity index (χ0n) is 9.70. The van der Waals surface area contributed by atoms with E-state index in [0.29, 0.717) is 15.6 Å². The highest BCUT2D eigenvalue weighted by molar-refractivity contribution is 6.37. The van der Waals surface area contributed by atoms with Crippen molar-refractivity contribution in [3.8, 4) is 6.07 Å². The lowest BCUT2D eigenvalue weighted by Gasteiger charge is -2.04. The molecule has 0 unspecified atom stereocenters. The Morgan fingerprint density at radius 2 is 1.68 bits per heavy atom. The quantitative estimate of drug-likeness (QED) is 0.551. The zero-order chi connectivity index (χ0) is 13.8. The van der Waals surface area contributed by atoms with Gasteiger partial charge in [0.1, 0.15) is 5.82 Å². The van der Waals surface area contributed by atoms with E-state index in [1.165, 1.54) is 18.2 Å². The van der Waals surface area contributed by atoms with Gasteiger partial charge in [0.2, 0.25) is 0 Å². The average molecular weight is 292 g/mol. The third kappa shape index (κ3) is 2.96. The minimum atomic E-state index is -0.460. The molecular formula is C15H8Cl2FN. The van der Waals surface area contributed by atoms with Crippen LogP contribution in [0.25, 0.3) is 11.6 Å². The van der Waals surface area contributed by atoms with Crippen LogP contribution in [-0.2, 0) is 0 Å². The molecule has 94 valence electrons. The molecule has 1 nitrogen and oxygen atoms in total. The molecule has 0 aliphatic heterocycles. The van der Waals surface area contributed by atoms with Crippen LogP contribution < -0.4 is 0 Å². The molecule has 0 spiro atoms. The summed E-state index contributed by atoms with van der Waals surface area (Å²) in [6.45, 7) is 0. The third-order valence-electron chi connectivity index (χ3n) is 2.57. The monoisotopic (exact) mass is 291 g/mol. The Labute approximate surface area is 120 Å². The number of hydrogen-bond donors (Lipinski definition) is 0. The van der Waals surface area contributed by atoms with Crippen LogP contribution in [0.3, 0.4) is 0 Å². The second-order valence-electron chi connectivity index (χ2n) is 3.78. The molecule has 0 saturated carbocycles. The molecular weight excluding hydrogens is 284 g/mol. The van der Waals surface area contributed by atoms with Gasteiger partial charge in [-0.2, -0.15) is 5.26 Å². The highest BCUT2D eigenvalue weighted by Gasteiger charge is 2.09. The van der Waals surface area contributed by atoms with Crippen LogP contribution in [-0.4, -0.2) is 0 Å². The van der Waals surface area contributed by atoms with Gasteiger partial charge >= 0.3 is 0 Å². The number of rotatable bonds is 2. The van der Waals surface area contributed by atoms with Gasteiger partial charge in [-0.3, -0.25) is 0 Å². The summed E-state index contributed by atoms with van der Waals surface area (Å²) in [7, 11) is 0. The van der Waals surface area contributed by atoms with Crippen LogP contribution in [0.2, 0.25) is 10.0 Å². The van der Waals surface area contributed by atoms with Crippen molar-refractivity contribution in [1.82, 2.24) is 0 Å². The van der Waals surface area contributed by atoms with Crippen LogP contribution in [0.15, 0.2) is 42.5 Å². The van der Waals surface area contributed by atoms with E-state index in [4.69, 9.17) is 23.2 Å². The van der Waals surface area contributed by atoms with E-state index >= 15 is 0 Å². The van der Waals surface area contributed by atoms with Gasteiger partial charge < -0.3 is 0 Å². The first kappa shape index (κ1) is 13.6. The summed E-state index contributed by atoms with van der Waals surface area (Å²) < 4.78 is 13.7. The van der Waals surface area contributed by atoms with Gasteiger partial charge in [-0.05, 0) is 24.3 Å². The van der Waals surface area contributed by atoms with Gasteiger partial charge in [0.05, 0.1) is 11.6 Å². The fourth-order valence-electron chi connectivity index (χ4n) is 1.64. The lowest BCUT2D eigenvalue weighted by molar-refractivity contribution is 0.624. The second kappa shape index (κ2) is 5.88. The molecule has 0 saturated heterocycles. The van der Waals surface area contributed by atoms with Crippen molar-refractivity contribution in [2.45, 2.75) is 0 Å². The molecule has 4 heteroatoms. The summed E-state index contributed by atoms with van der Waals surface area (Å²) in [6, 6.07) is 13.1. The van der Waals surface area contributed by atoms with E-state index in [-0.39, 0.29) is 11.1 Å². The van der Waals surface area contributed by atoms with E-state index < -0.39 is 5.82 Å². The van der Waals surface area contributed by atoms with Gasteiger partial charge in [-0.25, -0.2) is 4.39 Å². The summed E-state index contributed by atoms with van der Waals surface area (Å²) in [4.78, 5) is 0. The zero-order valence-corrected chi connectivity index (χ0v) is 11.2. The first-order valence-corrected chi connectivity index (χ1v) is 6.20. The maximum Gasteiger partial charge on any atom is 0.131 e. The van der Waals surface area contributed by atoms with Gasteiger partial charge in [0.25, 0.3) is 0 Å². The number of hydrogen-bond acceptors (Lipinski definition) is 1. The molecule has 0 aliphatic carbocycles. The lowest BCUT2D eigenvalue weighted by atomic mass is 10.0. The Kier molecular flexibility index (Phi) is 4.21. The van der Waals surface area contributed by atoms with Crippen LogP contribution in [0.5, 0.6) is 0 Å². The summed E-state index contributed by atoms with van der Waals surface area (Å²) in [6.07, 6.45) is 1.49. The Bertz CT molecular complexity index is 667. The Morgan fingerprint density at radius 1 is 1.05 bits per heavy atom. The van der Waals surface area contributed by atoms with Gasteiger partial charge in [0, 0.05) is 21.2 Å². The van der Waals surface area contributed by atoms with Crippen molar-refractivity contribution in [3.63, 3.8) is 0 Å². The maximum atomic E-state index is 13.7. The molecule has 0 aliphatic rings. The normalized spacial score (nSPS) is 11.2.